The molecule has 0 aromatic carbocycles. The smallest absolute Gasteiger partial charge is 0.186 e. The van der Waals surface area contributed by atoms with Crippen molar-refractivity contribution in [2.24, 2.45) is 16.5 Å². The van der Waals surface area contributed by atoms with Crippen LogP contribution in [0.15, 0.2) is 4.99 Å². The number of rotatable bonds is 1. The van der Waals surface area contributed by atoms with E-state index in [1.807, 2.05) is 0 Å². The first kappa shape index (κ1) is 9.31. The highest BCUT2D eigenvalue weighted by atomic mass is 32.2. The Hall–Kier alpha value is -0.780. The molecule has 1 rings (SSSR count). The highest BCUT2D eigenvalue weighted by Gasteiger charge is 2.38. The Kier molecular flexibility index (Phi) is 2.03. The van der Waals surface area contributed by atoms with E-state index < -0.39 is 15.4 Å². The number of nitrogens with two attached hydrogens (primary N) is 2. The second-order valence-corrected chi connectivity index (χ2v) is 5.56. The van der Waals surface area contributed by atoms with Gasteiger partial charge in [-0.1, -0.05) is 0 Å². The van der Waals surface area contributed by atoms with Crippen molar-refractivity contribution in [1.29, 1.82) is 0 Å². The summed E-state index contributed by atoms with van der Waals surface area (Å²) in [6, 6.07) is 0. The number of nitrogens with zero attached hydrogens (tertiary/aromatic N) is 1. The average Bonchev–Trinajstić information content (AvgIpc) is 2.03. The Morgan fingerprint density at radius 3 is 2.42 bits per heavy atom. The minimum Gasteiger partial charge on any atom is -0.370 e. The van der Waals surface area contributed by atoms with Crippen molar-refractivity contribution in [2.45, 2.75) is 18.9 Å². The summed E-state index contributed by atoms with van der Waals surface area (Å²) >= 11 is 0. The fourth-order valence-corrected chi connectivity index (χ4v) is 3.44. The molecule has 0 aliphatic carbocycles. The van der Waals surface area contributed by atoms with Crippen LogP contribution in [0.3, 0.4) is 0 Å². The van der Waals surface area contributed by atoms with E-state index in [0.717, 1.165) is 0 Å². The number of guanidine groups is 1. The summed E-state index contributed by atoms with van der Waals surface area (Å²) in [4.78, 5) is 3.90. The Bertz CT molecular complexity index is 305. The molecule has 1 aliphatic heterocycles. The third kappa shape index (κ3) is 2.10. The predicted octanol–water partition coefficient (Wildman–Crippen LogP) is -1.16. The third-order valence-corrected chi connectivity index (χ3v) is 3.77. The Labute approximate surface area is 71.8 Å². The van der Waals surface area contributed by atoms with E-state index in [2.05, 4.69) is 4.99 Å². The Balaban J connectivity index is 2.86. The van der Waals surface area contributed by atoms with Gasteiger partial charge >= 0.3 is 0 Å². The summed E-state index contributed by atoms with van der Waals surface area (Å²) in [5.74, 6) is 0.188. The van der Waals surface area contributed by atoms with E-state index in [9.17, 15) is 8.42 Å². The Morgan fingerprint density at radius 1 is 1.50 bits per heavy atom. The van der Waals surface area contributed by atoms with Crippen molar-refractivity contribution in [1.82, 2.24) is 0 Å². The van der Waals surface area contributed by atoms with E-state index in [1.165, 1.54) is 0 Å². The summed E-state index contributed by atoms with van der Waals surface area (Å²) in [5, 5.41) is 0. The monoisotopic (exact) mass is 191 g/mol. The van der Waals surface area contributed by atoms with Gasteiger partial charge in [-0.25, -0.2) is 13.4 Å². The van der Waals surface area contributed by atoms with Crippen LogP contribution in [-0.4, -0.2) is 31.4 Å². The predicted molar refractivity (Wildman–Crippen MR) is 47.5 cm³/mol. The molecule has 70 valence electrons. The van der Waals surface area contributed by atoms with Crippen LogP contribution in [0, 0.1) is 0 Å². The summed E-state index contributed by atoms with van der Waals surface area (Å²) < 4.78 is 22.2. The number of hydrogen-bond acceptors (Lipinski definition) is 3. The Morgan fingerprint density at radius 2 is 2.08 bits per heavy atom. The van der Waals surface area contributed by atoms with Crippen LogP contribution in [0.25, 0.3) is 0 Å². The van der Waals surface area contributed by atoms with Gasteiger partial charge in [-0.3, -0.25) is 0 Å². The van der Waals surface area contributed by atoms with Crippen molar-refractivity contribution in [3.05, 3.63) is 0 Å². The van der Waals surface area contributed by atoms with Crippen molar-refractivity contribution >= 4 is 15.8 Å². The van der Waals surface area contributed by atoms with E-state index >= 15 is 0 Å². The number of aliphatic imine (C=N–C) groups is 1. The molecule has 0 aromatic heterocycles. The molecule has 0 amide bonds. The first-order chi connectivity index (χ1) is 5.33. The molecular formula is C6H13N3O2S. The lowest BCUT2D eigenvalue weighted by molar-refractivity contribution is 0.533. The van der Waals surface area contributed by atoms with Crippen LogP contribution in [0.4, 0.5) is 0 Å². The molecule has 0 bridgehead atoms. The number of hydrogen-bond donors (Lipinski definition) is 2. The van der Waals surface area contributed by atoms with Crippen LogP contribution in [-0.2, 0) is 9.84 Å². The summed E-state index contributed by atoms with van der Waals surface area (Å²) in [6.07, 6.45) is 0.507. The fourth-order valence-electron chi connectivity index (χ4n) is 1.39. The highest BCUT2D eigenvalue weighted by molar-refractivity contribution is 7.91. The van der Waals surface area contributed by atoms with Gasteiger partial charge in [0.1, 0.15) is 0 Å². The van der Waals surface area contributed by atoms with E-state index in [1.54, 1.807) is 6.92 Å². The molecule has 1 fully saturated rings. The molecule has 6 heteroatoms. The lowest BCUT2D eigenvalue weighted by Crippen LogP contribution is -2.32. The van der Waals surface area contributed by atoms with Gasteiger partial charge in [-0.05, 0) is 13.3 Å². The normalized spacial score (nSPS) is 33.1. The van der Waals surface area contributed by atoms with Crippen molar-refractivity contribution in [2.75, 3.05) is 11.5 Å². The van der Waals surface area contributed by atoms with Crippen molar-refractivity contribution in [3.63, 3.8) is 0 Å². The minimum atomic E-state index is -2.92. The third-order valence-electron chi connectivity index (χ3n) is 1.88. The zero-order valence-electron chi connectivity index (χ0n) is 6.95. The summed E-state index contributed by atoms with van der Waals surface area (Å²) in [5.41, 5.74) is 9.76. The van der Waals surface area contributed by atoms with Gasteiger partial charge in [0.05, 0.1) is 17.0 Å². The molecule has 4 N–H and O–H groups in total. The van der Waals surface area contributed by atoms with Crippen LogP contribution in [0.5, 0.6) is 0 Å². The van der Waals surface area contributed by atoms with Crippen molar-refractivity contribution < 1.29 is 8.42 Å². The molecule has 1 aliphatic rings. The first-order valence-corrected chi connectivity index (χ1v) is 5.46. The SMILES string of the molecule is CC1(N=C(N)N)CCS(=O)(=O)C1. The van der Waals surface area contributed by atoms with Crippen LogP contribution >= 0.6 is 0 Å². The van der Waals surface area contributed by atoms with Crippen LogP contribution < -0.4 is 11.5 Å². The van der Waals surface area contributed by atoms with E-state index in [4.69, 9.17) is 11.5 Å². The topological polar surface area (TPSA) is 98.5 Å². The van der Waals surface area contributed by atoms with E-state index in [0.29, 0.717) is 6.42 Å². The van der Waals surface area contributed by atoms with Crippen LogP contribution in [0.2, 0.25) is 0 Å². The molecule has 0 saturated carbocycles. The molecule has 1 unspecified atom stereocenters. The maximum Gasteiger partial charge on any atom is 0.186 e. The molecule has 0 aromatic rings. The molecular weight excluding hydrogens is 178 g/mol. The molecule has 5 nitrogen and oxygen atoms in total. The maximum atomic E-state index is 11.1. The second-order valence-electron chi connectivity index (χ2n) is 3.38. The van der Waals surface area contributed by atoms with Crippen LogP contribution in [0.1, 0.15) is 13.3 Å². The zero-order valence-corrected chi connectivity index (χ0v) is 7.76. The average molecular weight is 191 g/mol. The lowest BCUT2D eigenvalue weighted by atomic mass is 10.0. The second kappa shape index (κ2) is 2.62. The maximum absolute atomic E-state index is 11.1. The molecule has 0 radical (unpaired) electrons. The highest BCUT2D eigenvalue weighted by Crippen LogP contribution is 2.26. The number of sulfone groups is 1. The lowest BCUT2D eigenvalue weighted by Gasteiger charge is -2.15. The van der Waals surface area contributed by atoms with Gasteiger partial charge in [0.25, 0.3) is 0 Å². The van der Waals surface area contributed by atoms with E-state index in [-0.39, 0.29) is 17.5 Å². The quantitative estimate of drug-likeness (QED) is 0.403. The summed E-state index contributed by atoms with van der Waals surface area (Å²) in [7, 11) is -2.92. The van der Waals surface area contributed by atoms with Gasteiger partial charge in [-0.2, -0.15) is 0 Å². The van der Waals surface area contributed by atoms with Crippen molar-refractivity contribution in [3.8, 4) is 0 Å². The minimum absolute atomic E-state index is 0.0467. The van der Waals surface area contributed by atoms with Gasteiger partial charge in [0.2, 0.25) is 0 Å². The zero-order chi connectivity index (χ0) is 9.41. The molecule has 12 heavy (non-hydrogen) atoms. The molecule has 1 atom stereocenters. The molecule has 0 spiro atoms. The summed E-state index contributed by atoms with van der Waals surface area (Å²) in [6.45, 7) is 1.75. The van der Waals surface area contributed by atoms with Gasteiger partial charge in [-0.15, -0.1) is 0 Å². The van der Waals surface area contributed by atoms with Gasteiger partial charge < -0.3 is 11.5 Å². The molecule has 1 heterocycles. The van der Waals surface area contributed by atoms with Gasteiger partial charge in [0.15, 0.2) is 15.8 Å². The largest absolute Gasteiger partial charge is 0.370 e. The fraction of sp³-hybridized carbons (Fsp3) is 0.833. The standard InChI is InChI=1S/C6H13N3O2S/c1-6(9-5(7)8)2-3-12(10,11)4-6/h2-4H2,1H3,(H4,7,8,9). The van der Waals surface area contributed by atoms with Gasteiger partial charge in [0, 0.05) is 0 Å². The molecule has 1 saturated heterocycles. The first-order valence-electron chi connectivity index (χ1n) is 3.64.